The van der Waals surface area contributed by atoms with Crippen LogP contribution in [0.1, 0.15) is 23.1 Å². The zero-order valence-electron chi connectivity index (χ0n) is 7.26. The third-order valence-electron chi connectivity index (χ3n) is 2.28. The lowest BCUT2D eigenvalue weighted by Gasteiger charge is -2.24. The van der Waals surface area contributed by atoms with Crippen molar-refractivity contribution < 1.29 is 4.39 Å². The lowest BCUT2D eigenvalue weighted by molar-refractivity contribution is 0.193. The first-order valence-electron chi connectivity index (χ1n) is 4.05. The lowest BCUT2D eigenvalue weighted by atomic mass is 10.0. The third kappa shape index (κ3) is 1.03. The fourth-order valence-corrected chi connectivity index (χ4v) is 1.71. The highest BCUT2D eigenvalue weighted by Crippen LogP contribution is 2.29. The van der Waals surface area contributed by atoms with Gasteiger partial charge in [0.2, 0.25) is 0 Å². The van der Waals surface area contributed by atoms with Gasteiger partial charge in [0.05, 0.1) is 5.69 Å². The Labute approximate surface area is 70.6 Å². The van der Waals surface area contributed by atoms with Gasteiger partial charge in [0.25, 0.3) is 0 Å². The Bertz CT molecular complexity index is 294. The summed E-state index contributed by atoms with van der Waals surface area (Å²) in [6, 6.07) is 0. The van der Waals surface area contributed by atoms with Gasteiger partial charge >= 0.3 is 0 Å². The smallest absolute Gasteiger partial charge is 0.141 e. The van der Waals surface area contributed by atoms with Gasteiger partial charge in [-0.15, -0.1) is 0 Å². The lowest BCUT2D eigenvalue weighted by Crippen LogP contribution is -2.28. The molecule has 0 radical (unpaired) electrons. The summed E-state index contributed by atoms with van der Waals surface area (Å²) < 4.78 is 13.4. The number of halogens is 1. The summed E-state index contributed by atoms with van der Waals surface area (Å²) in [5.41, 5.74) is 2.49. The summed E-state index contributed by atoms with van der Waals surface area (Å²) in [4.78, 5) is 1.94. The highest BCUT2D eigenvalue weighted by Gasteiger charge is 2.26. The van der Waals surface area contributed by atoms with Crippen LogP contribution >= 0.6 is 0 Å². The molecule has 3 nitrogen and oxygen atoms in total. The molecule has 1 aromatic rings. The molecule has 0 saturated heterocycles. The maximum absolute atomic E-state index is 13.4. The van der Waals surface area contributed by atoms with Crippen LogP contribution in [0, 0.1) is 6.92 Å². The van der Waals surface area contributed by atoms with Crippen LogP contribution in [0.5, 0.6) is 0 Å². The van der Waals surface area contributed by atoms with E-state index >= 15 is 0 Å². The summed E-state index contributed by atoms with van der Waals surface area (Å²) in [5, 5.41) is 6.86. The number of hydrogen-bond donors (Lipinski definition) is 1. The first-order valence-corrected chi connectivity index (χ1v) is 4.05. The minimum absolute atomic E-state index is 0.480. The number of aromatic amines is 1. The molecule has 0 bridgehead atoms. The number of likely N-dealkylation sites (N-methyl/N-ethyl adjacent to an activating group) is 1. The van der Waals surface area contributed by atoms with Gasteiger partial charge in [-0.2, -0.15) is 5.10 Å². The molecular weight excluding hydrogens is 157 g/mol. The Morgan fingerprint density at radius 2 is 2.42 bits per heavy atom. The van der Waals surface area contributed by atoms with Crippen molar-refractivity contribution in [3.05, 3.63) is 17.0 Å². The van der Waals surface area contributed by atoms with Gasteiger partial charge in [0.15, 0.2) is 0 Å². The van der Waals surface area contributed by atoms with Crippen molar-refractivity contribution in [2.24, 2.45) is 0 Å². The molecule has 1 N–H and O–H groups in total. The molecule has 1 aliphatic rings. The molecule has 1 atom stereocenters. The van der Waals surface area contributed by atoms with Crippen LogP contribution in [0.4, 0.5) is 4.39 Å². The van der Waals surface area contributed by atoms with Crippen LogP contribution in [0.2, 0.25) is 0 Å². The summed E-state index contributed by atoms with van der Waals surface area (Å²) in [5.74, 6) is 0. The molecule has 0 fully saturated rings. The van der Waals surface area contributed by atoms with Crippen LogP contribution in [0.25, 0.3) is 0 Å². The Kier molecular flexibility index (Phi) is 1.65. The van der Waals surface area contributed by atoms with Gasteiger partial charge in [0.1, 0.15) is 6.17 Å². The molecule has 12 heavy (non-hydrogen) atoms. The molecule has 2 heterocycles. The maximum atomic E-state index is 13.4. The van der Waals surface area contributed by atoms with Gasteiger partial charge in [-0.25, -0.2) is 4.39 Å². The number of aryl methyl sites for hydroxylation is 1. The Balaban J connectivity index is 2.43. The molecule has 0 amide bonds. The molecule has 2 rings (SSSR count). The largest absolute Gasteiger partial charge is 0.297 e. The van der Waals surface area contributed by atoms with Gasteiger partial charge in [0, 0.05) is 24.3 Å². The van der Waals surface area contributed by atoms with E-state index in [4.69, 9.17) is 0 Å². The van der Waals surface area contributed by atoms with E-state index in [9.17, 15) is 4.39 Å². The summed E-state index contributed by atoms with van der Waals surface area (Å²) >= 11 is 0. The normalized spacial score (nSPS) is 24.1. The van der Waals surface area contributed by atoms with Crippen molar-refractivity contribution in [1.82, 2.24) is 15.1 Å². The van der Waals surface area contributed by atoms with Gasteiger partial charge in [-0.1, -0.05) is 0 Å². The third-order valence-corrected chi connectivity index (χ3v) is 2.28. The zero-order chi connectivity index (χ0) is 8.72. The minimum Gasteiger partial charge on any atom is -0.297 e. The Morgan fingerprint density at radius 3 is 3.17 bits per heavy atom. The predicted molar refractivity (Wildman–Crippen MR) is 43.5 cm³/mol. The van der Waals surface area contributed by atoms with Crippen molar-refractivity contribution in [3.8, 4) is 0 Å². The van der Waals surface area contributed by atoms with Gasteiger partial charge in [-0.05, 0) is 14.0 Å². The molecule has 1 aromatic heterocycles. The van der Waals surface area contributed by atoms with E-state index < -0.39 is 6.17 Å². The quantitative estimate of drug-likeness (QED) is 0.632. The van der Waals surface area contributed by atoms with Gasteiger partial charge < -0.3 is 0 Å². The van der Waals surface area contributed by atoms with Crippen molar-refractivity contribution in [3.63, 3.8) is 0 Å². The second-order valence-corrected chi connectivity index (χ2v) is 3.37. The standard InChI is InChI=1S/C8H12FN3/c1-5-8-6(9)3-12(2)4-7(8)11-10-5/h6H,3-4H2,1-2H3,(H,10,11)/t6-/m0/s1. The van der Waals surface area contributed by atoms with E-state index in [1.807, 2.05) is 18.9 Å². The van der Waals surface area contributed by atoms with Crippen LogP contribution < -0.4 is 0 Å². The molecule has 1 aliphatic heterocycles. The average Bonchev–Trinajstić information content (AvgIpc) is 2.31. The number of hydrogen-bond acceptors (Lipinski definition) is 2. The van der Waals surface area contributed by atoms with E-state index in [2.05, 4.69) is 10.2 Å². The SMILES string of the molecule is Cc1[nH]nc2c1[C@@H](F)CN(C)C2. The molecule has 66 valence electrons. The van der Waals surface area contributed by atoms with Gasteiger partial charge in [-0.3, -0.25) is 10.00 Å². The van der Waals surface area contributed by atoms with E-state index in [-0.39, 0.29) is 0 Å². The maximum Gasteiger partial charge on any atom is 0.141 e. The topological polar surface area (TPSA) is 31.9 Å². The Hall–Kier alpha value is -0.900. The van der Waals surface area contributed by atoms with E-state index in [1.165, 1.54) is 0 Å². The predicted octanol–water partition coefficient (Wildman–Crippen LogP) is 1.17. The van der Waals surface area contributed by atoms with E-state index in [0.29, 0.717) is 6.54 Å². The molecular formula is C8H12FN3. The number of nitrogens with one attached hydrogen (secondary N) is 1. The number of rotatable bonds is 0. The molecule has 0 aliphatic carbocycles. The molecule has 0 spiro atoms. The van der Waals surface area contributed by atoms with Crippen molar-refractivity contribution >= 4 is 0 Å². The van der Waals surface area contributed by atoms with Crippen LogP contribution in [0.15, 0.2) is 0 Å². The number of alkyl halides is 1. The highest BCUT2D eigenvalue weighted by atomic mass is 19.1. The van der Waals surface area contributed by atoms with Crippen LogP contribution in [-0.2, 0) is 6.54 Å². The molecule has 4 heteroatoms. The van der Waals surface area contributed by atoms with Crippen LogP contribution in [-0.4, -0.2) is 28.7 Å². The van der Waals surface area contributed by atoms with Crippen LogP contribution in [0.3, 0.4) is 0 Å². The Morgan fingerprint density at radius 1 is 1.67 bits per heavy atom. The fraction of sp³-hybridized carbons (Fsp3) is 0.625. The van der Waals surface area contributed by atoms with Crippen molar-refractivity contribution in [2.75, 3.05) is 13.6 Å². The van der Waals surface area contributed by atoms with Crippen molar-refractivity contribution in [2.45, 2.75) is 19.6 Å². The number of H-pyrrole nitrogens is 1. The second kappa shape index (κ2) is 2.55. The molecule has 0 aromatic carbocycles. The minimum atomic E-state index is -0.877. The number of nitrogens with zero attached hydrogens (tertiary/aromatic N) is 2. The van der Waals surface area contributed by atoms with E-state index in [1.54, 1.807) is 0 Å². The second-order valence-electron chi connectivity index (χ2n) is 3.37. The monoisotopic (exact) mass is 169 g/mol. The summed E-state index contributed by atoms with van der Waals surface area (Å²) in [6.07, 6.45) is -0.877. The summed E-state index contributed by atoms with van der Waals surface area (Å²) in [7, 11) is 1.90. The molecule has 0 saturated carbocycles. The fourth-order valence-electron chi connectivity index (χ4n) is 1.71. The number of aromatic nitrogens is 2. The van der Waals surface area contributed by atoms with E-state index in [0.717, 1.165) is 23.5 Å². The summed E-state index contributed by atoms with van der Waals surface area (Å²) in [6.45, 7) is 3.09. The molecule has 0 unspecified atom stereocenters. The first kappa shape index (κ1) is 7.73. The average molecular weight is 169 g/mol. The first-order chi connectivity index (χ1) is 5.68. The number of fused-ring (bicyclic) bond motifs is 1. The van der Waals surface area contributed by atoms with Crippen molar-refractivity contribution in [1.29, 1.82) is 0 Å². The zero-order valence-corrected chi connectivity index (χ0v) is 7.26. The highest BCUT2D eigenvalue weighted by molar-refractivity contribution is 5.29.